The van der Waals surface area contributed by atoms with Crippen molar-refractivity contribution in [2.75, 3.05) is 52.8 Å². The molecule has 1 saturated carbocycles. The van der Waals surface area contributed by atoms with Crippen LogP contribution in [0.15, 0.2) is 102 Å². The van der Waals surface area contributed by atoms with Crippen molar-refractivity contribution in [3.8, 4) is 28.4 Å². The van der Waals surface area contributed by atoms with Crippen LogP contribution in [0.2, 0.25) is 0 Å². The summed E-state index contributed by atoms with van der Waals surface area (Å²) in [5.41, 5.74) is 4.99. The van der Waals surface area contributed by atoms with Crippen LogP contribution in [0.1, 0.15) is 134 Å². The number of ether oxygens (including phenoxy) is 4. The molecule has 1 heterocycles. The molecular formula is C57H80N2O9. The second-order valence-corrected chi connectivity index (χ2v) is 18.7. The number of benzene rings is 3. The molecule has 3 aromatic carbocycles. The van der Waals surface area contributed by atoms with Crippen LogP contribution in [0.3, 0.4) is 0 Å². The van der Waals surface area contributed by atoms with Gasteiger partial charge in [-0.1, -0.05) is 131 Å². The number of hydrogen-bond donors (Lipinski definition) is 3. The number of fused-ring (bicyclic) bond motifs is 2. The molecule has 372 valence electrons. The summed E-state index contributed by atoms with van der Waals surface area (Å²) in [5, 5.41) is 34.5. The monoisotopic (exact) mass is 937 g/mol. The van der Waals surface area contributed by atoms with Gasteiger partial charge in [0.05, 0.1) is 38.1 Å². The van der Waals surface area contributed by atoms with Gasteiger partial charge in [0.25, 0.3) is 0 Å². The molecule has 0 bridgehead atoms. The molecule has 1 aliphatic heterocycles. The minimum Gasteiger partial charge on any atom is -0.459 e. The summed E-state index contributed by atoms with van der Waals surface area (Å²) in [7, 11) is 0. The summed E-state index contributed by atoms with van der Waals surface area (Å²) in [6.07, 6.45) is 19.8. The Balaban J connectivity index is 1.44. The lowest BCUT2D eigenvalue weighted by Crippen LogP contribution is -2.70. The third-order valence-corrected chi connectivity index (χ3v) is 14.0. The van der Waals surface area contributed by atoms with Gasteiger partial charge in [0.2, 0.25) is 11.7 Å². The SMILES string of the molecule is C=CCOC12Oc3ccc(Oc4ccc(-c5ccccc5)cc4)cc3C3C(CCCCO)C(CCCCO)C=C(C(=NOCC)CC1N(CCOCCO)C(=O)CCCCCCCCCCC)C32. The van der Waals surface area contributed by atoms with Crippen LogP contribution in [0.25, 0.3) is 11.1 Å². The van der Waals surface area contributed by atoms with Gasteiger partial charge in [-0.05, 0) is 97.9 Å². The molecule has 6 atom stereocenters. The number of aliphatic hydroxyl groups is 3. The van der Waals surface area contributed by atoms with E-state index >= 15 is 0 Å². The van der Waals surface area contributed by atoms with Crippen molar-refractivity contribution in [3.63, 3.8) is 0 Å². The number of nitrogens with zero attached hydrogens (tertiary/aromatic N) is 2. The van der Waals surface area contributed by atoms with Gasteiger partial charge in [-0.3, -0.25) is 4.79 Å². The first-order valence-corrected chi connectivity index (χ1v) is 25.9. The topological polar surface area (TPSA) is 140 Å². The highest BCUT2D eigenvalue weighted by atomic mass is 16.7. The van der Waals surface area contributed by atoms with E-state index < -0.39 is 17.7 Å². The van der Waals surface area contributed by atoms with Gasteiger partial charge in [0.1, 0.15) is 29.9 Å². The molecule has 0 saturated heterocycles. The minimum atomic E-state index is -1.37. The molecule has 3 aliphatic rings. The van der Waals surface area contributed by atoms with Crippen molar-refractivity contribution in [3.05, 3.63) is 103 Å². The summed E-state index contributed by atoms with van der Waals surface area (Å²) >= 11 is 0. The molecule has 0 spiro atoms. The Morgan fingerprint density at radius 1 is 0.809 bits per heavy atom. The highest BCUT2D eigenvalue weighted by molar-refractivity contribution is 6.03. The lowest BCUT2D eigenvalue weighted by molar-refractivity contribution is -0.258. The Bertz CT molecular complexity index is 2020. The Kier molecular flexibility index (Phi) is 21.9. The second-order valence-electron chi connectivity index (χ2n) is 18.7. The van der Waals surface area contributed by atoms with E-state index in [4.69, 9.17) is 28.9 Å². The molecular weight excluding hydrogens is 857 g/mol. The third kappa shape index (κ3) is 13.8. The lowest BCUT2D eigenvalue weighted by Gasteiger charge is -2.60. The Labute approximate surface area is 406 Å². The van der Waals surface area contributed by atoms with Crippen LogP contribution in [-0.4, -0.2) is 96.5 Å². The van der Waals surface area contributed by atoms with E-state index in [1.54, 1.807) is 6.08 Å². The van der Waals surface area contributed by atoms with Crippen LogP contribution in [0.5, 0.6) is 17.2 Å². The number of oxime groups is 1. The van der Waals surface area contributed by atoms with Gasteiger partial charge >= 0.3 is 0 Å². The van der Waals surface area contributed by atoms with E-state index in [9.17, 15) is 20.1 Å². The second kappa shape index (κ2) is 28.2. The fourth-order valence-electron chi connectivity index (χ4n) is 10.9. The Hall–Kier alpha value is -4.52. The average molecular weight is 937 g/mol. The number of rotatable bonds is 32. The summed E-state index contributed by atoms with van der Waals surface area (Å²) in [4.78, 5) is 22.8. The minimum absolute atomic E-state index is 0.000440. The fourth-order valence-corrected chi connectivity index (χ4v) is 10.9. The van der Waals surface area contributed by atoms with Gasteiger partial charge < -0.3 is 44.0 Å². The van der Waals surface area contributed by atoms with Crippen molar-refractivity contribution in [2.24, 2.45) is 22.9 Å². The number of hydrogen-bond acceptors (Lipinski definition) is 10. The zero-order valence-electron chi connectivity index (χ0n) is 41.0. The van der Waals surface area contributed by atoms with Gasteiger partial charge in [0.15, 0.2) is 0 Å². The van der Waals surface area contributed by atoms with Crippen molar-refractivity contribution in [1.82, 2.24) is 4.90 Å². The molecule has 68 heavy (non-hydrogen) atoms. The van der Waals surface area contributed by atoms with Gasteiger partial charge in [-0.15, -0.1) is 6.58 Å². The highest BCUT2D eigenvalue weighted by Crippen LogP contribution is 2.62. The zero-order valence-corrected chi connectivity index (χ0v) is 41.0. The largest absolute Gasteiger partial charge is 0.459 e. The molecule has 6 rings (SSSR count). The number of unbranched alkanes of at least 4 members (excludes halogenated alkanes) is 10. The zero-order chi connectivity index (χ0) is 48.0. The number of carbonyl (C=O) groups is 1. The molecule has 1 amide bonds. The van der Waals surface area contributed by atoms with E-state index in [2.05, 4.69) is 49.9 Å². The van der Waals surface area contributed by atoms with Crippen molar-refractivity contribution in [2.45, 2.75) is 141 Å². The standard InChI is InChI=1S/C57H80N2O9/c1-4-7-8-9-10-11-12-13-17-26-54(63)59(33-38-64-39-36-62)53-42-51(58-66-6-3)49-40-45(24-18-20-34-60)48(25-19-21-35-61)55-50-41-47(31-32-52(50)68-57(53,56(49)55)65-37-5-2)67-46-29-27-44(28-30-46)43-22-15-14-16-23-43/h5,14-16,22-23,27-32,40-41,45,48,53,55-56,60-62H,2,4,6-13,17-21,24-26,33-39,42H2,1,3H3. The van der Waals surface area contributed by atoms with Crippen molar-refractivity contribution >= 4 is 11.6 Å². The van der Waals surface area contributed by atoms with Crippen molar-refractivity contribution < 1.29 is 43.9 Å². The smallest absolute Gasteiger partial charge is 0.239 e. The molecule has 2 aliphatic carbocycles. The quantitative estimate of drug-likeness (QED) is 0.0317. The van der Waals surface area contributed by atoms with E-state index in [1.807, 2.05) is 54.3 Å². The van der Waals surface area contributed by atoms with Crippen LogP contribution in [-0.2, 0) is 19.1 Å². The molecule has 11 heteroatoms. The van der Waals surface area contributed by atoms with E-state index in [-0.39, 0.29) is 69.8 Å². The predicted octanol–water partition coefficient (Wildman–Crippen LogP) is 11.6. The van der Waals surface area contributed by atoms with Crippen LogP contribution in [0, 0.1) is 17.8 Å². The van der Waals surface area contributed by atoms with Crippen LogP contribution >= 0.6 is 0 Å². The first-order valence-electron chi connectivity index (χ1n) is 25.9. The molecule has 3 N–H and O–H groups in total. The Morgan fingerprint density at radius 3 is 2.19 bits per heavy atom. The number of carbonyl (C=O) groups excluding carboxylic acids is 1. The van der Waals surface area contributed by atoms with Crippen LogP contribution < -0.4 is 9.47 Å². The fraction of sp³-hybridized carbons (Fsp3) is 0.579. The molecule has 3 aromatic rings. The van der Waals surface area contributed by atoms with E-state index in [1.165, 1.54) is 38.5 Å². The molecule has 0 aromatic heterocycles. The number of allylic oxidation sites excluding steroid dienone is 1. The summed E-state index contributed by atoms with van der Waals surface area (Å²) in [6, 6.07) is 23.8. The highest BCUT2D eigenvalue weighted by Gasteiger charge is 2.65. The molecule has 0 radical (unpaired) electrons. The van der Waals surface area contributed by atoms with Crippen molar-refractivity contribution in [1.29, 1.82) is 0 Å². The first-order chi connectivity index (χ1) is 33.4. The molecule has 11 nitrogen and oxygen atoms in total. The van der Waals surface area contributed by atoms with Gasteiger partial charge in [-0.25, -0.2) is 0 Å². The van der Waals surface area contributed by atoms with Crippen LogP contribution in [0.4, 0.5) is 0 Å². The summed E-state index contributed by atoms with van der Waals surface area (Å²) in [5.74, 6) is 0.268. The van der Waals surface area contributed by atoms with Gasteiger partial charge in [0, 0.05) is 44.1 Å². The number of aliphatic hydroxyl groups excluding tert-OH is 3. The summed E-state index contributed by atoms with van der Waals surface area (Å²) in [6.45, 7) is 9.57. The molecule has 1 fully saturated rings. The maximum absolute atomic E-state index is 14.9. The van der Waals surface area contributed by atoms with Gasteiger partial charge in [-0.2, -0.15) is 0 Å². The predicted molar refractivity (Wildman–Crippen MR) is 270 cm³/mol. The number of amides is 1. The van der Waals surface area contributed by atoms with E-state index in [0.29, 0.717) is 49.5 Å². The van der Waals surface area contributed by atoms with E-state index in [0.717, 1.165) is 72.9 Å². The maximum atomic E-state index is 14.9. The molecule has 6 unspecified atom stereocenters. The lowest BCUT2D eigenvalue weighted by atomic mass is 9.55. The summed E-state index contributed by atoms with van der Waals surface area (Å²) < 4.78 is 27.2. The Morgan fingerprint density at radius 2 is 1.50 bits per heavy atom. The normalized spacial score (nSPS) is 22.2. The first kappa shape index (κ1) is 52.8. The third-order valence-electron chi connectivity index (χ3n) is 14.0. The maximum Gasteiger partial charge on any atom is 0.239 e. The average Bonchev–Trinajstić information content (AvgIpc) is 3.36.